The van der Waals surface area contributed by atoms with Gasteiger partial charge in [0, 0.05) is 25.6 Å². The van der Waals surface area contributed by atoms with Crippen LogP contribution in [0.4, 0.5) is 5.69 Å². The lowest BCUT2D eigenvalue weighted by Gasteiger charge is -2.34. The molecular weight excluding hydrogens is 614 g/mol. The summed E-state index contributed by atoms with van der Waals surface area (Å²) in [5, 5.41) is 3.01. The highest BCUT2D eigenvalue weighted by Crippen LogP contribution is 2.34. The van der Waals surface area contributed by atoms with E-state index in [2.05, 4.69) is 5.32 Å². The lowest BCUT2D eigenvalue weighted by Crippen LogP contribution is -2.53. The van der Waals surface area contributed by atoms with Crippen LogP contribution in [0.5, 0.6) is 11.5 Å². The van der Waals surface area contributed by atoms with E-state index >= 15 is 0 Å². The Balaban J connectivity index is 1.83. The second-order valence-electron chi connectivity index (χ2n) is 11.7. The van der Waals surface area contributed by atoms with Gasteiger partial charge in [-0.15, -0.1) is 0 Å². The maximum atomic E-state index is 14.6. The van der Waals surface area contributed by atoms with Crippen molar-refractivity contribution in [2.45, 2.75) is 44.7 Å². The van der Waals surface area contributed by atoms with Crippen LogP contribution in [0.25, 0.3) is 0 Å². The molecule has 2 amide bonds. The first-order chi connectivity index (χ1) is 22.5. The topological polar surface area (TPSA) is 105 Å². The number of rotatable bonds is 15. The van der Waals surface area contributed by atoms with Crippen LogP contribution in [-0.4, -0.2) is 58.5 Å². The van der Waals surface area contributed by atoms with Gasteiger partial charge >= 0.3 is 0 Å². The molecule has 0 saturated carbocycles. The van der Waals surface area contributed by atoms with E-state index in [0.29, 0.717) is 18.0 Å². The van der Waals surface area contributed by atoms with Crippen molar-refractivity contribution < 1.29 is 27.5 Å². The Morgan fingerprint density at radius 1 is 0.787 bits per heavy atom. The average Bonchev–Trinajstić information content (AvgIpc) is 3.08. The standard InChI is InChI=1S/C37H43N3O6S/c1-27(2)24-38-37(42)33(22-29-14-8-6-9-15-29)39(25-30-16-12-13-28(3)21-30)36(41)26-40(47(43,44)32-17-10-7-11-18-32)31-19-20-34(45-4)35(23-31)46-5/h6-21,23,27,33H,22,24-26H2,1-5H3,(H,38,42). The summed E-state index contributed by atoms with van der Waals surface area (Å²) < 4.78 is 40.4. The molecule has 1 N–H and O–H groups in total. The normalized spacial score (nSPS) is 11.9. The summed E-state index contributed by atoms with van der Waals surface area (Å²) in [6.07, 6.45) is 0.240. The predicted octanol–water partition coefficient (Wildman–Crippen LogP) is 5.62. The molecule has 0 spiro atoms. The number of anilines is 1. The van der Waals surface area contributed by atoms with Crippen LogP contribution in [0.15, 0.2) is 108 Å². The van der Waals surface area contributed by atoms with Gasteiger partial charge in [0.25, 0.3) is 10.0 Å². The largest absolute Gasteiger partial charge is 0.493 e. The molecule has 0 fully saturated rings. The van der Waals surface area contributed by atoms with E-state index in [1.165, 1.54) is 37.3 Å². The molecule has 10 heteroatoms. The molecule has 4 aromatic rings. The van der Waals surface area contributed by atoms with Crippen molar-refractivity contribution >= 4 is 27.5 Å². The van der Waals surface area contributed by atoms with Gasteiger partial charge in [-0.25, -0.2) is 8.42 Å². The van der Waals surface area contributed by atoms with E-state index in [9.17, 15) is 18.0 Å². The first kappa shape index (κ1) is 35.0. The van der Waals surface area contributed by atoms with E-state index in [4.69, 9.17) is 9.47 Å². The zero-order valence-electron chi connectivity index (χ0n) is 27.6. The fourth-order valence-corrected chi connectivity index (χ4v) is 6.64. The predicted molar refractivity (Wildman–Crippen MR) is 184 cm³/mol. The third-order valence-corrected chi connectivity index (χ3v) is 9.44. The fraction of sp³-hybridized carbons (Fsp3) is 0.297. The molecule has 9 nitrogen and oxygen atoms in total. The number of hydrogen-bond acceptors (Lipinski definition) is 6. The number of sulfonamides is 1. The number of ether oxygens (including phenoxy) is 2. The van der Waals surface area contributed by atoms with E-state index < -0.39 is 28.5 Å². The molecule has 0 radical (unpaired) electrons. The van der Waals surface area contributed by atoms with Gasteiger partial charge in [-0.2, -0.15) is 0 Å². The molecule has 0 aliphatic heterocycles. The van der Waals surface area contributed by atoms with Crippen molar-refractivity contribution in [3.8, 4) is 11.5 Å². The molecule has 4 rings (SSSR count). The van der Waals surface area contributed by atoms with Crippen LogP contribution in [0.1, 0.15) is 30.5 Å². The summed E-state index contributed by atoms with van der Waals surface area (Å²) in [5.74, 6) is 0.0465. The molecular formula is C37H43N3O6S. The van der Waals surface area contributed by atoms with E-state index in [1.54, 1.807) is 30.3 Å². The maximum absolute atomic E-state index is 14.6. The van der Waals surface area contributed by atoms with E-state index in [1.807, 2.05) is 75.4 Å². The summed E-state index contributed by atoms with van der Waals surface area (Å²) in [4.78, 5) is 30.1. The highest BCUT2D eigenvalue weighted by atomic mass is 32.2. The minimum Gasteiger partial charge on any atom is -0.493 e. The quantitative estimate of drug-likeness (QED) is 0.178. The molecule has 0 bridgehead atoms. The zero-order chi connectivity index (χ0) is 34.0. The van der Waals surface area contributed by atoms with Gasteiger partial charge < -0.3 is 19.7 Å². The highest BCUT2D eigenvalue weighted by molar-refractivity contribution is 7.92. The molecule has 0 heterocycles. The van der Waals surface area contributed by atoms with Crippen molar-refractivity contribution in [3.05, 3.63) is 120 Å². The lowest BCUT2D eigenvalue weighted by atomic mass is 10.0. The van der Waals surface area contributed by atoms with E-state index in [-0.39, 0.29) is 35.4 Å². The van der Waals surface area contributed by atoms with Crippen LogP contribution in [-0.2, 0) is 32.6 Å². The third kappa shape index (κ3) is 9.13. The SMILES string of the molecule is COc1ccc(N(CC(=O)N(Cc2cccc(C)c2)C(Cc2ccccc2)C(=O)NCC(C)C)S(=O)(=O)c2ccccc2)cc1OC. The lowest BCUT2D eigenvalue weighted by molar-refractivity contribution is -0.140. The Kier molecular flexibility index (Phi) is 12.0. The van der Waals surface area contributed by atoms with Gasteiger partial charge in [0.15, 0.2) is 11.5 Å². The number of nitrogens with zero attached hydrogens (tertiary/aromatic N) is 2. The summed E-state index contributed by atoms with van der Waals surface area (Å²) >= 11 is 0. The van der Waals surface area contributed by atoms with Crippen LogP contribution in [0, 0.1) is 12.8 Å². The van der Waals surface area contributed by atoms with Crippen LogP contribution in [0.2, 0.25) is 0 Å². The highest BCUT2D eigenvalue weighted by Gasteiger charge is 2.35. The Morgan fingerprint density at radius 2 is 1.43 bits per heavy atom. The summed E-state index contributed by atoms with van der Waals surface area (Å²) in [7, 11) is -1.30. The average molecular weight is 658 g/mol. The van der Waals surface area contributed by atoms with Gasteiger partial charge in [0.2, 0.25) is 11.8 Å². The minimum atomic E-state index is -4.24. The fourth-order valence-electron chi connectivity index (χ4n) is 5.21. The van der Waals surface area contributed by atoms with Gasteiger partial charge in [-0.3, -0.25) is 13.9 Å². The van der Waals surface area contributed by atoms with Crippen LogP contribution < -0.4 is 19.1 Å². The maximum Gasteiger partial charge on any atom is 0.264 e. The van der Waals surface area contributed by atoms with Crippen molar-refractivity contribution in [1.82, 2.24) is 10.2 Å². The van der Waals surface area contributed by atoms with E-state index in [0.717, 1.165) is 21.0 Å². The van der Waals surface area contributed by atoms with Crippen LogP contribution >= 0.6 is 0 Å². The summed E-state index contributed by atoms with van der Waals surface area (Å²) in [6, 6.07) is 28.9. The number of benzene rings is 4. The minimum absolute atomic E-state index is 0.0170. The molecule has 4 aromatic carbocycles. The van der Waals surface area contributed by atoms with Crippen molar-refractivity contribution in [3.63, 3.8) is 0 Å². The smallest absolute Gasteiger partial charge is 0.264 e. The Labute approximate surface area is 278 Å². The number of methoxy groups -OCH3 is 2. The second kappa shape index (κ2) is 16.1. The third-order valence-electron chi connectivity index (χ3n) is 7.66. The molecule has 0 saturated heterocycles. The Bertz CT molecular complexity index is 1750. The molecule has 47 heavy (non-hydrogen) atoms. The van der Waals surface area contributed by atoms with Gasteiger partial charge in [0.05, 0.1) is 24.8 Å². The number of amides is 2. The molecule has 0 aromatic heterocycles. The number of hydrogen-bond donors (Lipinski definition) is 1. The Morgan fingerprint density at radius 3 is 2.04 bits per heavy atom. The molecule has 1 atom stereocenters. The summed E-state index contributed by atoms with van der Waals surface area (Å²) in [5.41, 5.74) is 2.89. The molecule has 1 unspecified atom stereocenters. The molecule has 248 valence electrons. The first-order valence-corrected chi connectivity index (χ1v) is 16.9. The number of carbonyl (C=O) groups excluding carboxylic acids is 2. The van der Waals surface area contributed by atoms with Gasteiger partial charge in [-0.1, -0.05) is 92.2 Å². The Hall–Kier alpha value is -4.83. The first-order valence-electron chi connectivity index (χ1n) is 15.5. The molecule has 0 aliphatic carbocycles. The van der Waals surface area contributed by atoms with Crippen molar-refractivity contribution in [1.29, 1.82) is 0 Å². The van der Waals surface area contributed by atoms with Crippen LogP contribution in [0.3, 0.4) is 0 Å². The van der Waals surface area contributed by atoms with Crippen molar-refractivity contribution in [2.75, 3.05) is 31.6 Å². The molecule has 0 aliphatic rings. The monoisotopic (exact) mass is 657 g/mol. The van der Waals surface area contributed by atoms with Crippen molar-refractivity contribution in [2.24, 2.45) is 5.92 Å². The number of aryl methyl sites for hydroxylation is 1. The van der Waals surface area contributed by atoms with Gasteiger partial charge in [0.1, 0.15) is 12.6 Å². The zero-order valence-corrected chi connectivity index (χ0v) is 28.4. The van der Waals surface area contributed by atoms with Gasteiger partial charge in [-0.05, 0) is 48.2 Å². The number of nitrogens with one attached hydrogen (secondary N) is 1. The second-order valence-corrected chi connectivity index (χ2v) is 13.6. The summed E-state index contributed by atoms with van der Waals surface area (Å²) in [6.45, 7) is 5.91. The number of carbonyl (C=O) groups is 2.